The molecular formula is C32H37FN4O5S2. The van der Waals surface area contributed by atoms with Crippen molar-refractivity contribution >= 4 is 50.8 Å². The third kappa shape index (κ3) is 4.34. The number of pyridine rings is 1. The Morgan fingerprint density at radius 3 is 2.61 bits per heavy atom. The largest absolute Gasteiger partial charge is 0.496 e. The molecule has 9 nitrogen and oxygen atoms in total. The van der Waals surface area contributed by atoms with E-state index < -0.39 is 10.9 Å². The average Bonchev–Trinajstić information content (AvgIpc) is 3.40. The molecule has 8 rings (SSSR count). The topological polar surface area (TPSA) is 112 Å². The van der Waals surface area contributed by atoms with Gasteiger partial charge in [-0.15, -0.1) is 23.1 Å². The number of methoxy groups -OCH3 is 2. The quantitative estimate of drug-likeness (QED) is 0.330. The number of thiazole rings is 1. The molecule has 1 aromatic carbocycles. The normalized spacial score (nSPS) is 33.6. The van der Waals surface area contributed by atoms with Crippen molar-refractivity contribution in [2.75, 3.05) is 32.8 Å². The molecule has 2 saturated heterocycles. The number of nitrogens with zero attached hydrogens (tertiary/aromatic N) is 2. The van der Waals surface area contributed by atoms with Crippen LogP contribution in [0.3, 0.4) is 0 Å². The number of aryl methyl sites for hydroxylation is 1. The Labute approximate surface area is 264 Å². The van der Waals surface area contributed by atoms with Gasteiger partial charge in [-0.3, -0.25) is 9.59 Å². The Hall–Kier alpha value is -2.96. The predicted octanol–water partition coefficient (Wildman–Crippen LogP) is 5.87. The molecular weight excluding hydrogens is 604 g/mol. The summed E-state index contributed by atoms with van der Waals surface area (Å²) in [5.41, 5.74) is 1.20. The molecule has 234 valence electrons. The highest BCUT2D eigenvalue weighted by atomic mass is 32.2. The first-order valence-electron chi connectivity index (χ1n) is 15.2. The molecule has 8 atom stereocenters. The van der Waals surface area contributed by atoms with Gasteiger partial charge in [0.25, 0.3) is 11.8 Å². The summed E-state index contributed by atoms with van der Waals surface area (Å²) in [5.74, 6) is 1.88. The van der Waals surface area contributed by atoms with Gasteiger partial charge in [-0.1, -0.05) is 20.3 Å². The number of hydrogen-bond acceptors (Lipinski definition) is 9. The number of benzene rings is 1. The zero-order valence-electron chi connectivity index (χ0n) is 25.4. The Kier molecular flexibility index (Phi) is 7.32. The fourth-order valence-corrected chi connectivity index (χ4v) is 10.9. The Morgan fingerprint density at radius 2 is 2.00 bits per heavy atom. The van der Waals surface area contributed by atoms with E-state index in [9.17, 15) is 14.0 Å². The summed E-state index contributed by atoms with van der Waals surface area (Å²) in [6.07, 6.45) is 4.73. The van der Waals surface area contributed by atoms with E-state index in [1.165, 1.54) is 62.4 Å². The first-order valence-corrected chi connectivity index (χ1v) is 16.9. The summed E-state index contributed by atoms with van der Waals surface area (Å²) in [4.78, 5) is 35.6. The Morgan fingerprint density at radius 1 is 1.18 bits per heavy atom. The van der Waals surface area contributed by atoms with E-state index in [1.54, 1.807) is 6.07 Å². The van der Waals surface area contributed by atoms with Crippen LogP contribution in [0.25, 0.3) is 10.2 Å². The van der Waals surface area contributed by atoms with Crippen LogP contribution in [0.1, 0.15) is 58.8 Å². The average molecular weight is 641 g/mol. The van der Waals surface area contributed by atoms with Gasteiger partial charge < -0.3 is 24.8 Å². The lowest BCUT2D eigenvalue weighted by Crippen LogP contribution is -2.99. The van der Waals surface area contributed by atoms with Gasteiger partial charge in [0.1, 0.15) is 11.3 Å². The maximum atomic E-state index is 14.6. The van der Waals surface area contributed by atoms with E-state index in [2.05, 4.69) is 34.4 Å². The number of fused-ring (bicyclic) bond motifs is 3. The van der Waals surface area contributed by atoms with Crippen LogP contribution in [-0.4, -0.2) is 65.0 Å². The number of rotatable bonds is 7. The number of amides is 2. The molecule has 3 saturated carbocycles. The number of carbonyl (C=O) groups is 2. The van der Waals surface area contributed by atoms with Crippen molar-refractivity contribution in [3.05, 3.63) is 40.5 Å². The number of anilines is 1. The zero-order chi connectivity index (χ0) is 31.0. The predicted molar refractivity (Wildman–Crippen MR) is 169 cm³/mol. The molecule has 2 aliphatic heterocycles. The monoisotopic (exact) mass is 640 g/mol. The number of alkyl halides is 1. The molecule has 44 heavy (non-hydrogen) atoms. The van der Waals surface area contributed by atoms with Gasteiger partial charge in [0.05, 0.1) is 52.4 Å². The van der Waals surface area contributed by atoms with Gasteiger partial charge in [0.15, 0.2) is 5.00 Å². The minimum atomic E-state index is -1.06. The summed E-state index contributed by atoms with van der Waals surface area (Å²) in [6.45, 7) is 8.37. The van der Waals surface area contributed by atoms with Crippen molar-refractivity contribution < 1.29 is 28.2 Å². The first-order chi connectivity index (χ1) is 21.1. The SMILES string of the molecule is CCC1COCC(C)C1.COc1cc(C(=O)NC23CC4C2C2C3SC42F)c(NC(=O)c2c(OC)ccc3nc(C)sc23)cn1. The summed E-state index contributed by atoms with van der Waals surface area (Å²) in [5, 5.41) is 5.92. The van der Waals surface area contributed by atoms with Crippen LogP contribution in [0, 0.1) is 36.5 Å². The zero-order valence-corrected chi connectivity index (χ0v) is 27.1. The number of nitrogens with one attached hydrogen (secondary N) is 2. The van der Waals surface area contributed by atoms with Crippen molar-refractivity contribution in [3.63, 3.8) is 0 Å². The molecule has 0 bridgehead atoms. The summed E-state index contributed by atoms with van der Waals surface area (Å²) in [6, 6.07) is 5.02. The molecule has 12 heteroatoms. The van der Waals surface area contributed by atoms with Gasteiger partial charge in [0.2, 0.25) is 5.88 Å². The van der Waals surface area contributed by atoms with Crippen LogP contribution >= 0.6 is 23.1 Å². The van der Waals surface area contributed by atoms with Crippen LogP contribution in [0.5, 0.6) is 11.6 Å². The number of hydrogen-bond donors (Lipinski definition) is 2. The highest BCUT2D eigenvalue weighted by Crippen LogP contribution is 2.90. The lowest BCUT2D eigenvalue weighted by atomic mass is 9.30. The van der Waals surface area contributed by atoms with Gasteiger partial charge in [-0.25, -0.2) is 14.4 Å². The molecule has 2 N–H and O–H groups in total. The van der Waals surface area contributed by atoms with Gasteiger partial charge >= 0.3 is 0 Å². The second kappa shape index (κ2) is 10.8. The minimum absolute atomic E-state index is 0.0461. The maximum Gasteiger partial charge on any atom is 0.261 e. The molecule has 8 unspecified atom stereocenters. The van der Waals surface area contributed by atoms with E-state index in [0.29, 0.717) is 28.0 Å². The van der Waals surface area contributed by atoms with E-state index in [4.69, 9.17) is 14.2 Å². The lowest BCUT2D eigenvalue weighted by Gasteiger charge is -2.90. The molecule has 2 amide bonds. The second-order valence-corrected chi connectivity index (χ2v) is 15.3. The second-order valence-electron chi connectivity index (χ2n) is 12.7. The molecule has 5 fully saturated rings. The summed E-state index contributed by atoms with van der Waals surface area (Å²) in [7, 11) is 2.97. The molecule has 0 radical (unpaired) electrons. The number of thioether (sulfide) groups is 1. The van der Waals surface area contributed by atoms with Crippen molar-refractivity contribution in [3.8, 4) is 11.6 Å². The molecule has 4 heterocycles. The van der Waals surface area contributed by atoms with E-state index in [-0.39, 0.29) is 51.6 Å². The van der Waals surface area contributed by atoms with Crippen LogP contribution in [-0.2, 0) is 4.74 Å². The number of halogens is 1. The fraction of sp³-hybridized carbons (Fsp3) is 0.562. The Bertz CT molecular complexity index is 1630. The molecule has 0 spiro atoms. The van der Waals surface area contributed by atoms with E-state index in [0.717, 1.165) is 30.1 Å². The third-order valence-electron chi connectivity index (χ3n) is 10.1. The number of aromatic nitrogens is 2. The van der Waals surface area contributed by atoms with Crippen molar-refractivity contribution in [2.45, 2.75) is 55.8 Å². The van der Waals surface area contributed by atoms with Crippen molar-refractivity contribution in [1.29, 1.82) is 0 Å². The maximum absolute atomic E-state index is 14.6. The van der Waals surface area contributed by atoms with Crippen molar-refractivity contribution in [2.24, 2.45) is 29.6 Å². The smallest absolute Gasteiger partial charge is 0.261 e. The number of carbonyl (C=O) groups excluding carboxylic acids is 2. The molecule has 3 aliphatic carbocycles. The van der Waals surface area contributed by atoms with Gasteiger partial charge in [-0.2, -0.15) is 0 Å². The van der Waals surface area contributed by atoms with E-state index in [1.807, 2.05) is 13.0 Å². The molecule has 3 aromatic rings. The fourth-order valence-electron chi connectivity index (χ4n) is 7.92. The van der Waals surface area contributed by atoms with Crippen LogP contribution in [0.2, 0.25) is 0 Å². The van der Waals surface area contributed by atoms with Gasteiger partial charge in [0, 0.05) is 36.4 Å². The van der Waals surface area contributed by atoms with Crippen LogP contribution in [0.15, 0.2) is 24.4 Å². The highest BCUT2D eigenvalue weighted by Gasteiger charge is 2.95. The lowest BCUT2D eigenvalue weighted by molar-refractivity contribution is -0.304. The summed E-state index contributed by atoms with van der Waals surface area (Å²) >= 11 is 2.76. The van der Waals surface area contributed by atoms with Crippen LogP contribution in [0.4, 0.5) is 10.1 Å². The summed E-state index contributed by atoms with van der Waals surface area (Å²) < 4.78 is 31.4. The number of ether oxygens (including phenoxy) is 3. The standard InChI is InChI=1S/C24H21FN4O4S2.C8H16O/c1-9-27-12-4-5-14(32-2)16(19(12)34-9)22(31)28-13-8-26-15(33-3)6-10(13)21(30)29-23-7-11-17(23)18-20(23)35-24(11,18)25;1-3-8-4-7(2)5-9-6-8/h4-6,8,11,17-18,20H,7H2,1-3H3,(H,28,31)(H,29,30);7-8H,3-6H2,1-2H3. The Balaban J connectivity index is 0.000000301. The first kappa shape index (κ1) is 29.7. The minimum Gasteiger partial charge on any atom is -0.496 e. The van der Waals surface area contributed by atoms with Gasteiger partial charge in [-0.05, 0) is 49.7 Å². The van der Waals surface area contributed by atoms with Crippen molar-refractivity contribution in [1.82, 2.24) is 15.3 Å². The molecule has 2 aromatic heterocycles. The van der Waals surface area contributed by atoms with E-state index >= 15 is 0 Å². The van der Waals surface area contributed by atoms with Crippen LogP contribution < -0.4 is 20.1 Å². The third-order valence-corrected chi connectivity index (χ3v) is 13.1. The highest BCUT2D eigenvalue weighted by molar-refractivity contribution is 8.03. The molecule has 5 aliphatic rings.